The molecule has 0 unspecified atom stereocenters. The predicted molar refractivity (Wildman–Crippen MR) is 70.8 cm³/mol. The summed E-state index contributed by atoms with van der Waals surface area (Å²) in [4.78, 5) is 8.63. The lowest BCUT2D eigenvalue weighted by Crippen LogP contribution is -1.84. The Bertz CT molecular complexity index is 609. The number of fused-ring (bicyclic) bond motifs is 1. The minimum absolute atomic E-state index is 0.645. The Labute approximate surface area is 106 Å². The number of allylic oxidation sites excluding steroid dienone is 3. The summed E-state index contributed by atoms with van der Waals surface area (Å²) in [5.41, 5.74) is 3.23. The van der Waals surface area contributed by atoms with Crippen molar-refractivity contribution in [1.29, 1.82) is 0 Å². The fraction of sp³-hybridized carbons (Fsp3) is 0.200. The van der Waals surface area contributed by atoms with E-state index in [2.05, 4.69) is 29.0 Å². The maximum atomic E-state index is 5.79. The Morgan fingerprint density at radius 3 is 3.06 bits per heavy atom. The molecule has 0 saturated heterocycles. The molecule has 0 atom stereocenters. The third kappa shape index (κ3) is 1.99. The molecule has 0 radical (unpaired) electrons. The summed E-state index contributed by atoms with van der Waals surface area (Å²) in [6, 6.07) is 3.84. The molecule has 3 rings (SSSR count). The summed E-state index contributed by atoms with van der Waals surface area (Å²) < 4.78 is 5.79. The summed E-state index contributed by atoms with van der Waals surface area (Å²) >= 11 is 0. The summed E-state index contributed by atoms with van der Waals surface area (Å²) in [6.45, 7) is 2.15. The van der Waals surface area contributed by atoms with Crippen LogP contribution in [0.5, 0.6) is 0 Å². The molecule has 3 nitrogen and oxygen atoms in total. The smallest absolute Gasteiger partial charge is 0.228 e. The topological polar surface area (TPSA) is 38.9 Å². The third-order valence-corrected chi connectivity index (χ3v) is 3.05. The second-order valence-electron chi connectivity index (χ2n) is 4.24. The van der Waals surface area contributed by atoms with Crippen molar-refractivity contribution in [3.8, 4) is 11.5 Å². The van der Waals surface area contributed by atoms with Crippen LogP contribution in [0.3, 0.4) is 0 Å². The molecule has 0 bridgehead atoms. The molecule has 1 aliphatic rings. The van der Waals surface area contributed by atoms with E-state index in [1.165, 1.54) is 5.57 Å². The lowest BCUT2D eigenvalue weighted by Gasteiger charge is -1.94. The van der Waals surface area contributed by atoms with Gasteiger partial charge >= 0.3 is 0 Å². The fourth-order valence-corrected chi connectivity index (χ4v) is 1.99. The zero-order valence-corrected chi connectivity index (χ0v) is 10.3. The molecule has 1 aliphatic carbocycles. The van der Waals surface area contributed by atoms with Gasteiger partial charge in [-0.2, -0.15) is 0 Å². The molecule has 0 N–H and O–H groups in total. The van der Waals surface area contributed by atoms with E-state index in [0.717, 1.165) is 29.9 Å². The molecule has 0 fully saturated rings. The summed E-state index contributed by atoms with van der Waals surface area (Å²) in [6.07, 6.45) is 11.7. The SMILES string of the molecule is CCC1=CCc2nc(-c3cccnc3)oc2C=C1. The summed E-state index contributed by atoms with van der Waals surface area (Å²) in [7, 11) is 0. The van der Waals surface area contributed by atoms with Gasteiger partial charge in [0.25, 0.3) is 0 Å². The number of aromatic nitrogens is 2. The molecular formula is C15H14N2O. The van der Waals surface area contributed by atoms with Gasteiger partial charge in [-0.1, -0.05) is 24.6 Å². The molecule has 2 aromatic rings. The number of hydrogen-bond donors (Lipinski definition) is 0. The van der Waals surface area contributed by atoms with Crippen LogP contribution in [0, 0.1) is 0 Å². The van der Waals surface area contributed by atoms with Crippen LogP contribution in [0.2, 0.25) is 0 Å². The molecular weight excluding hydrogens is 224 g/mol. The number of nitrogens with zero attached hydrogens (tertiary/aromatic N) is 2. The van der Waals surface area contributed by atoms with Crippen LogP contribution >= 0.6 is 0 Å². The lowest BCUT2D eigenvalue weighted by molar-refractivity contribution is 0.563. The van der Waals surface area contributed by atoms with Gasteiger partial charge in [0.2, 0.25) is 5.89 Å². The van der Waals surface area contributed by atoms with Gasteiger partial charge in [-0.15, -0.1) is 0 Å². The molecule has 0 amide bonds. The largest absolute Gasteiger partial charge is 0.436 e. The highest BCUT2D eigenvalue weighted by Gasteiger charge is 2.13. The van der Waals surface area contributed by atoms with Gasteiger partial charge in [0.05, 0.1) is 11.3 Å². The van der Waals surface area contributed by atoms with Gasteiger partial charge in [0, 0.05) is 18.8 Å². The van der Waals surface area contributed by atoms with Crippen molar-refractivity contribution in [2.45, 2.75) is 19.8 Å². The molecule has 0 aliphatic heterocycles. The van der Waals surface area contributed by atoms with Crippen molar-refractivity contribution in [2.75, 3.05) is 0 Å². The molecule has 3 heteroatoms. The summed E-state index contributed by atoms with van der Waals surface area (Å²) in [5, 5.41) is 0. The van der Waals surface area contributed by atoms with Crippen molar-refractivity contribution >= 4 is 6.08 Å². The first-order chi connectivity index (χ1) is 8.86. The first kappa shape index (κ1) is 11.0. The zero-order valence-electron chi connectivity index (χ0n) is 10.3. The number of hydrogen-bond acceptors (Lipinski definition) is 3. The van der Waals surface area contributed by atoms with Gasteiger partial charge in [0.1, 0.15) is 0 Å². The lowest BCUT2D eigenvalue weighted by atomic mass is 10.2. The van der Waals surface area contributed by atoms with E-state index >= 15 is 0 Å². The highest BCUT2D eigenvalue weighted by Crippen LogP contribution is 2.25. The Balaban J connectivity index is 1.97. The molecule has 90 valence electrons. The Kier molecular flexibility index (Phi) is 2.81. The standard InChI is InChI=1S/C15H14N2O/c1-2-11-5-7-13-14(8-6-11)18-15(17-13)12-4-3-9-16-10-12/h3-6,8-10H,2,7H2,1H3. The van der Waals surface area contributed by atoms with E-state index in [0.29, 0.717) is 5.89 Å². The fourth-order valence-electron chi connectivity index (χ4n) is 1.99. The molecule has 0 aromatic carbocycles. The minimum atomic E-state index is 0.645. The second-order valence-corrected chi connectivity index (χ2v) is 4.24. The van der Waals surface area contributed by atoms with Gasteiger partial charge < -0.3 is 4.42 Å². The average Bonchev–Trinajstić information content (AvgIpc) is 2.74. The Morgan fingerprint density at radius 1 is 1.33 bits per heavy atom. The Hall–Kier alpha value is -2.16. The van der Waals surface area contributed by atoms with Gasteiger partial charge in [-0.3, -0.25) is 4.98 Å². The molecule has 2 aromatic heterocycles. The normalized spacial score (nSPS) is 13.9. The zero-order chi connectivity index (χ0) is 12.4. The minimum Gasteiger partial charge on any atom is -0.436 e. The van der Waals surface area contributed by atoms with Crippen molar-refractivity contribution in [1.82, 2.24) is 9.97 Å². The molecule has 0 saturated carbocycles. The summed E-state index contributed by atoms with van der Waals surface area (Å²) in [5.74, 6) is 1.50. The molecule has 18 heavy (non-hydrogen) atoms. The van der Waals surface area contributed by atoms with Crippen LogP contribution in [-0.4, -0.2) is 9.97 Å². The van der Waals surface area contributed by atoms with Gasteiger partial charge in [0.15, 0.2) is 5.76 Å². The van der Waals surface area contributed by atoms with Crippen molar-refractivity contribution in [3.05, 3.63) is 53.7 Å². The van der Waals surface area contributed by atoms with Crippen LogP contribution in [0.1, 0.15) is 24.8 Å². The van der Waals surface area contributed by atoms with Crippen molar-refractivity contribution in [3.63, 3.8) is 0 Å². The Morgan fingerprint density at radius 2 is 2.28 bits per heavy atom. The van der Waals surface area contributed by atoms with Crippen LogP contribution in [0.4, 0.5) is 0 Å². The van der Waals surface area contributed by atoms with Crippen molar-refractivity contribution in [2.24, 2.45) is 0 Å². The molecule has 0 spiro atoms. The quantitative estimate of drug-likeness (QED) is 0.801. The van der Waals surface area contributed by atoms with E-state index in [1.807, 2.05) is 18.2 Å². The predicted octanol–water partition coefficient (Wildman–Crippen LogP) is 3.64. The van der Waals surface area contributed by atoms with Crippen molar-refractivity contribution < 1.29 is 4.42 Å². The molecule has 2 heterocycles. The number of oxazole rings is 1. The van der Waals surface area contributed by atoms with Gasteiger partial charge in [-0.25, -0.2) is 4.98 Å². The van der Waals surface area contributed by atoms with Crippen LogP contribution in [-0.2, 0) is 6.42 Å². The number of rotatable bonds is 2. The van der Waals surface area contributed by atoms with E-state index in [1.54, 1.807) is 12.4 Å². The van der Waals surface area contributed by atoms with E-state index in [4.69, 9.17) is 4.42 Å². The van der Waals surface area contributed by atoms with E-state index < -0.39 is 0 Å². The maximum Gasteiger partial charge on any atom is 0.228 e. The van der Waals surface area contributed by atoms with E-state index in [-0.39, 0.29) is 0 Å². The number of pyridine rings is 1. The first-order valence-corrected chi connectivity index (χ1v) is 6.14. The van der Waals surface area contributed by atoms with Crippen LogP contribution < -0.4 is 0 Å². The van der Waals surface area contributed by atoms with Crippen LogP contribution in [0.25, 0.3) is 17.5 Å². The third-order valence-electron chi connectivity index (χ3n) is 3.05. The highest BCUT2D eigenvalue weighted by molar-refractivity contribution is 5.58. The first-order valence-electron chi connectivity index (χ1n) is 6.14. The maximum absolute atomic E-state index is 5.79. The van der Waals surface area contributed by atoms with Gasteiger partial charge in [-0.05, 0) is 24.6 Å². The van der Waals surface area contributed by atoms with Crippen LogP contribution in [0.15, 0.2) is 46.7 Å². The highest BCUT2D eigenvalue weighted by atomic mass is 16.4. The van der Waals surface area contributed by atoms with E-state index in [9.17, 15) is 0 Å². The second kappa shape index (κ2) is 4.61. The average molecular weight is 238 g/mol. The monoisotopic (exact) mass is 238 g/mol.